The van der Waals surface area contributed by atoms with Crippen LogP contribution in [0.4, 0.5) is 0 Å². The fraction of sp³-hybridized carbons (Fsp3) is 0.364. The van der Waals surface area contributed by atoms with Crippen molar-refractivity contribution in [1.82, 2.24) is 0 Å². The second kappa shape index (κ2) is 5.26. The lowest BCUT2D eigenvalue weighted by Gasteiger charge is -2.06. The van der Waals surface area contributed by atoms with Crippen LogP contribution in [0.3, 0.4) is 0 Å². The first kappa shape index (κ1) is 12.2. The summed E-state index contributed by atoms with van der Waals surface area (Å²) < 4.78 is 1.17. The van der Waals surface area contributed by atoms with Gasteiger partial charge in [-0.05, 0) is 47.6 Å². The van der Waals surface area contributed by atoms with Crippen molar-refractivity contribution in [2.45, 2.75) is 25.1 Å². The van der Waals surface area contributed by atoms with Crippen LogP contribution in [0.1, 0.15) is 29.8 Å². The lowest BCUT2D eigenvalue weighted by molar-refractivity contribution is 0.0996. The van der Waals surface area contributed by atoms with Gasteiger partial charge in [-0.1, -0.05) is 35.0 Å². The van der Waals surface area contributed by atoms with Crippen LogP contribution in [0.2, 0.25) is 0 Å². The first-order valence-electron chi connectivity index (χ1n) is 4.53. The van der Waals surface area contributed by atoms with Gasteiger partial charge in [0, 0.05) is 9.13 Å². The number of rotatable bonds is 3. The monoisotopic (exact) mass is 366 g/mol. The van der Waals surface area contributed by atoms with Gasteiger partial charge < -0.3 is 0 Å². The Labute approximate surface area is 107 Å². The summed E-state index contributed by atoms with van der Waals surface area (Å²) in [6, 6.07) is 5.89. The van der Waals surface area contributed by atoms with Crippen molar-refractivity contribution >= 4 is 44.3 Å². The average molecular weight is 367 g/mol. The normalized spacial score (nSPS) is 12.6. The van der Waals surface area contributed by atoms with Gasteiger partial charge in [0.2, 0.25) is 0 Å². The SMILES string of the molecule is CCc1ccc(C(=O)C(C)Br)cc1I. The topological polar surface area (TPSA) is 17.1 Å². The zero-order valence-electron chi connectivity index (χ0n) is 8.18. The highest BCUT2D eigenvalue weighted by atomic mass is 127. The predicted octanol–water partition coefficient (Wildman–Crippen LogP) is 3.82. The van der Waals surface area contributed by atoms with Crippen molar-refractivity contribution < 1.29 is 4.79 Å². The van der Waals surface area contributed by atoms with Crippen LogP contribution in [0.5, 0.6) is 0 Å². The third-order valence-electron chi connectivity index (χ3n) is 2.08. The van der Waals surface area contributed by atoms with Crippen LogP contribution in [0.25, 0.3) is 0 Å². The highest BCUT2D eigenvalue weighted by Gasteiger charge is 2.12. The van der Waals surface area contributed by atoms with E-state index in [9.17, 15) is 4.79 Å². The molecule has 0 heterocycles. The molecule has 0 saturated carbocycles. The molecule has 0 aliphatic carbocycles. The zero-order chi connectivity index (χ0) is 10.7. The Hall–Kier alpha value is 0.1000. The molecule has 1 rings (SSSR count). The van der Waals surface area contributed by atoms with Gasteiger partial charge >= 0.3 is 0 Å². The molecule has 0 fully saturated rings. The van der Waals surface area contributed by atoms with Gasteiger partial charge in [0.05, 0.1) is 4.83 Å². The first-order valence-corrected chi connectivity index (χ1v) is 6.52. The van der Waals surface area contributed by atoms with Crippen molar-refractivity contribution in [2.24, 2.45) is 0 Å². The maximum atomic E-state index is 11.6. The molecule has 1 atom stereocenters. The third-order valence-corrected chi connectivity index (χ3v) is 3.50. The van der Waals surface area contributed by atoms with E-state index in [0.717, 1.165) is 12.0 Å². The van der Waals surface area contributed by atoms with Gasteiger partial charge in [-0.15, -0.1) is 0 Å². The number of alkyl halides is 1. The fourth-order valence-corrected chi connectivity index (χ4v) is 2.38. The number of aryl methyl sites for hydroxylation is 1. The van der Waals surface area contributed by atoms with Crippen LogP contribution < -0.4 is 0 Å². The third kappa shape index (κ3) is 2.79. The number of hydrogen-bond donors (Lipinski definition) is 0. The molecular formula is C11H12BrIO. The van der Waals surface area contributed by atoms with E-state index >= 15 is 0 Å². The van der Waals surface area contributed by atoms with E-state index in [0.29, 0.717) is 0 Å². The zero-order valence-corrected chi connectivity index (χ0v) is 11.9. The molecule has 0 amide bonds. The molecule has 0 spiro atoms. The number of Topliss-reactive ketones (excluding diaryl/α,β-unsaturated/α-hetero) is 1. The minimum Gasteiger partial charge on any atom is -0.293 e. The Morgan fingerprint density at radius 2 is 2.21 bits per heavy atom. The molecular weight excluding hydrogens is 355 g/mol. The van der Waals surface area contributed by atoms with Crippen molar-refractivity contribution in [3.8, 4) is 0 Å². The molecule has 1 nitrogen and oxygen atoms in total. The van der Waals surface area contributed by atoms with Gasteiger partial charge in [-0.25, -0.2) is 0 Å². The second-order valence-electron chi connectivity index (χ2n) is 3.14. The molecule has 1 aromatic rings. The van der Waals surface area contributed by atoms with Crippen molar-refractivity contribution in [3.05, 3.63) is 32.9 Å². The van der Waals surface area contributed by atoms with E-state index in [4.69, 9.17) is 0 Å². The fourth-order valence-electron chi connectivity index (χ4n) is 1.22. The summed E-state index contributed by atoms with van der Waals surface area (Å²) >= 11 is 5.56. The standard InChI is InChI=1S/C11H12BrIO/c1-3-8-4-5-9(6-10(8)13)11(14)7(2)12/h4-7H,3H2,1-2H3. The van der Waals surface area contributed by atoms with Gasteiger partial charge in [-0.2, -0.15) is 0 Å². The maximum absolute atomic E-state index is 11.6. The number of benzene rings is 1. The Bertz CT molecular complexity index is 347. The van der Waals surface area contributed by atoms with Crippen LogP contribution in [-0.2, 0) is 6.42 Å². The minimum atomic E-state index is -0.106. The summed E-state index contributed by atoms with van der Waals surface area (Å²) in [5.41, 5.74) is 2.08. The van der Waals surface area contributed by atoms with Crippen molar-refractivity contribution in [1.29, 1.82) is 0 Å². The highest BCUT2D eigenvalue weighted by molar-refractivity contribution is 14.1. The largest absolute Gasteiger partial charge is 0.293 e. The van der Waals surface area contributed by atoms with E-state index in [-0.39, 0.29) is 10.6 Å². The second-order valence-corrected chi connectivity index (χ2v) is 5.68. The molecule has 3 heteroatoms. The smallest absolute Gasteiger partial charge is 0.176 e. The van der Waals surface area contributed by atoms with E-state index in [2.05, 4.69) is 45.4 Å². The molecule has 0 aromatic heterocycles. The average Bonchev–Trinajstić information content (AvgIpc) is 2.16. The van der Waals surface area contributed by atoms with Gasteiger partial charge in [-0.3, -0.25) is 4.79 Å². The van der Waals surface area contributed by atoms with E-state index in [1.165, 1.54) is 9.13 Å². The minimum absolute atomic E-state index is 0.106. The molecule has 1 aromatic carbocycles. The lowest BCUT2D eigenvalue weighted by Crippen LogP contribution is -2.10. The molecule has 76 valence electrons. The van der Waals surface area contributed by atoms with Crippen LogP contribution >= 0.6 is 38.5 Å². The summed E-state index contributed by atoms with van der Waals surface area (Å²) in [6.45, 7) is 3.97. The van der Waals surface area contributed by atoms with E-state index < -0.39 is 0 Å². The molecule has 14 heavy (non-hydrogen) atoms. The van der Waals surface area contributed by atoms with Gasteiger partial charge in [0.1, 0.15) is 0 Å². The molecule has 0 bridgehead atoms. The lowest BCUT2D eigenvalue weighted by atomic mass is 10.1. The quantitative estimate of drug-likeness (QED) is 0.451. The molecule has 0 aliphatic heterocycles. The van der Waals surface area contributed by atoms with Crippen LogP contribution in [0, 0.1) is 3.57 Å². The number of hydrogen-bond acceptors (Lipinski definition) is 1. The first-order chi connectivity index (χ1) is 6.56. The number of carbonyl (C=O) groups is 1. The summed E-state index contributed by atoms with van der Waals surface area (Å²) in [6.07, 6.45) is 1.01. The number of carbonyl (C=O) groups excluding carboxylic acids is 1. The molecule has 0 saturated heterocycles. The summed E-state index contributed by atoms with van der Waals surface area (Å²) in [5.74, 6) is 0.144. The maximum Gasteiger partial charge on any atom is 0.176 e. The molecule has 0 radical (unpaired) electrons. The Kier molecular flexibility index (Phi) is 4.57. The predicted molar refractivity (Wildman–Crippen MR) is 71.3 cm³/mol. The molecule has 1 unspecified atom stereocenters. The van der Waals surface area contributed by atoms with E-state index in [1.54, 1.807) is 0 Å². The Balaban J connectivity index is 3.03. The number of ketones is 1. The van der Waals surface area contributed by atoms with Crippen LogP contribution in [-0.4, -0.2) is 10.6 Å². The van der Waals surface area contributed by atoms with E-state index in [1.807, 2.05) is 25.1 Å². The summed E-state index contributed by atoms with van der Waals surface area (Å²) in [5, 5.41) is 0. The highest BCUT2D eigenvalue weighted by Crippen LogP contribution is 2.17. The van der Waals surface area contributed by atoms with Gasteiger partial charge in [0.25, 0.3) is 0 Å². The van der Waals surface area contributed by atoms with Gasteiger partial charge in [0.15, 0.2) is 5.78 Å². The van der Waals surface area contributed by atoms with Crippen molar-refractivity contribution in [2.75, 3.05) is 0 Å². The summed E-state index contributed by atoms with van der Waals surface area (Å²) in [7, 11) is 0. The Morgan fingerprint density at radius 3 is 2.64 bits per heavy atom. The Morgan fingerprint density at radius 1 is 1.57 bits per heavy atom. The molecule has 0 aliphatic rings. The molecule has 0 N–H and O–H groups in total. The van der Waals surface area contributed by atoms with Crippen molar-refractivity contribution in [3.63, 3.8) is 0 Å². The summed E-state index contributed by atoms with van der Waals surface area (Å²) in [4.78, 5) is 11.5. The number of halogens is 2. The van der Waals surface area contributed by atoms with Crippen LogP contribution in [0.15, 0.2) is 18.2 Å².